The molecule has 2 aromatic rings. The van der Waals surface area contributed by atoms with Crippen LogP contribution in [0.25, 0.3) is 11.0 Å². The van der Waals surface area contributed by atoms with Crippen molar-refractivity contribution in [1.29, 1.82) is 0 Å². The summed E-state index contributed by atoms with van der Waals surface area (Å²) in [5, 5.41) is 0. The van der Waals surface area contributed by atoms with Crippen LogP contribution in [0.3, 0.4) is 0 Å². The Morgan fingerprint density at radius 2 is 2.29 bits per heavy atom. The van der Waals surface area contributed by atoms with E-state index in [0.29, 0.717) is 11.7 Å². The van der Waals surface area contributed by atoms with E-state index in [-0.39, 0.29) is 0 Å². The van der Waals surface area contributed by atoms with Gasteiger partial charge in [0.1, 0.15) is 11.3 Å². The lowest BCUT2D eigenvalue weighted by molar-refractivity contribution is 0.414. The van der Waals surface area contributed by atoms with Crippen molar-refractivity contribution in [3.05, 3.63) is 18.1 Å². The number of pyridine rings is 1. The largest absolute Gasteiger partial charge is 0.384 e. The normalized spacial score (nSPS) is 17.1. The number of hydrogen-bond donors (Lipinski definition) is 2. The van der Waals surface area contributed by atoms with Gasteiger partial charge in [0, 0.05) is 12.0 Å². The van der Waals surface area contributed by atoms with Crippen LogP contribution in [-0.2, 0) is 0 Å². The molecule has 0 aliphatic heterocycles. The van der Waals surface area contributed by atoms with Gasteiger partial charge in [-0.3, -0.25) is 0 Å². The molecule has 0 amide bonds. The zero-order chi connectivity index (χ0) is 9.54. The van der Waals surface area contributed by atoms with Crippen molar-refractivity contribution in [2.75, 3.05) is 5.73 Å². The van der Waals surface area contributed by atoms with Gasteiger partial charge in [-0.25, -0.2) is 9.97 Å². The van der Waals surface area contributed by atoms with Crippen LogP contribution in [0.4, 0.5) is 5.82 Å². The van der Waals surface area contributed by atoms with E-state index in [4.69, 9.17) is 5.73 Å². The lowest BCUT2D eigenvalue weighted by Crippen LogP contribution is -2.12. The van der Waals surface area contributed by atoms with Gasteiger partial charge in [0.2, 0.25) is 0 Å². The van der Waals surface area contributed by atoms with Crippen LogP contribution in [0.5, 0.6) is 0 Å². The molecule has 1 aliphatic carbocycles. The maximum absolute atomic E-state index is 5.74. The molecule has 72 valence electrons. The molecule has 0 atom stereocenters. The SMILES string of the molecule is Nc1cc2[nH]cnc2c(C2CCC2)n1. The van der Waals surface area contributed by atoms with Crippen molar-refractivity contribution in [2.45, 2.75) is 25.2 Å². The highest BCUT2D eigenvalue weighted by Gasteiger charge is 2.24. The van der Waals surface area contributed by atoms with Gasteiger partial charge in [-0.2, -0.15) is 0 Å². The summed E-state index contributed by atoms with van der Waals surface area (Å²) in [7, 11) is 0. The Hall–Kier alpha value is -1.58. The molecule has 0 radical (unpaired) electrons. The predicted octanol–water partition coefficient (Wildman–Crippen LogP) is 1.81. The molecule has 4 nitrogen and oxygen atoms in total. The molecular weight excluding hydrogens is 176 g/mol. The van der Waals surface area contributed by atoms with E-state index < -0.39 is 0 Å². The number of aromatic nitrogens is 3. The fourth-order valence-corrected chi connectivity index (χ4v) is 1.96. The Labute approximate surface area is 81.6 Å². The third kappa shape index (κ3) is 0.999. The first-order valence-electron chi connectivity index (χ1n) is 4.94. The van der Waals surface area contributed by atoms with Crippen LogP contribution in [0.1, 0.15) is 30.9 Å². The zero-order valence-corrected chi connectivity index (χ0v) is 7.83. The smallest absolute Gasteiger partial charge is 0.125 e. The van der Waals surface area contributed by atoms with Crippen molar-refractivity contribution in [3.8, 4) is 0 Å². The minimum atomic E-state index is 0.573. The summed E-state index contributed by atoms with van der Waals surface area (Å²) in [6, 6.07) is 1.84. The van der Waals surface area contributed by atoms with E-state index >= 15 is 0 Å². The second-order valence-corrected chi connectivity index (χ2v) is 3.86. The van der Waals surface area contributed by atoms with Crippen molar-refractivity contribution in [1.82, 2.24) is 15.0 Å². The predicted molar refractivity (Wildman–Crippen MR) is 54.9 cm³/mol. The number of nitrogens with zero attached hydrogens (tertiary/aromatic N) is 2. The van der Waals surface area contributed by atoms with Gasteiger partial charge in [-0.05, 0) is 12.8 Å². The van der Waals surface area contributed by atoms with Crippen LogP contribution in [0, 0.1) is 0 Å². The van der Waals surface area contributed by atoms with Gasteiger partial charge in [0.05, 0.1) is 17.5 Å². The number of rotatable bonds is 1. The van der Waals surface area contributed by atoms with Gasteiger partial charge >= 0.3 is 0 Å². The van der Waals surface area contributed by atoms with E-state index in [1.165, 1.54) is 19.3 Å². The number of anilines is 1. The quantitative estimate of drug-likeness (QED) is 0.717. The average molecular weight is 188 g/mol. The Morgan fingerprint density at radius 3 is 3.00 bits per heavy atom. The summed E-state index contributed by atoms with van der Waals surface area (Å²) in [5.74, 6) is 1.16. The molecule has 0 unspecified atom stereocenters. The van der Waals surface area contributed by atoms with Gasteiger partial charge < -0.3 is 10.7 Å². The summed E-state index contributed by atoms with van der Waals surface area (Å²) in [6.07, 6.45) is 5.44. The Morgan fingerprint density at radius 1 is 1.43 bits per heavy atom. The van der Waals surface area contributed by atoms with E-state index in [0.717, 1.165) is 16.7 Å². The third-order valence-electron chi connectivity index (χ3n) is 2.95. The Kier molecular flexibility index (Phi) is 1.50. The lowest BCUT2D eigenvalue weighted by Gasteiger charge is -2.24. The first-order valence-corrected chi connectivity index (χ1v) is 4.94. The van der Waals surface area contributed by atoms with Gasteiger partial charge in [-0.1, -0.05) is 6.42 Å². The highest BCUT2D eigenvalue weighted by molar-refractivity contribution is 5.79. The number of nitrogen functional groups attached to an aromatic ring is 1. The molecule has 0 aromatic carbocycles. The van der Waals surface area contributed by atoms with E-state index in [2.05, 4.69) is 15.0 Å². The summed E-state index contributed by atoms with van der Waals surface area (Å²) in [5.41, 5.74) is 8.81. The summed E-state index contributed by atoms with van der Waals surface area (Å²) in [6.45, 7) is 0. The Bertz CT molecular complexity index is 470. The van der Waals surface area contributed by atoms with Gasteiger partial charge in [0.15, 0.2) is 0 Å². The van der Waals surface area contributed by atoms with Crippen LogP contribution in [0.15, 0.2) is 12.4 Å². The molecular formula is C10H12N4. The van der Waals surface area contributed by atoms with Gasteiger partial charge in [0.25, 0.3) is 0 Å². The molecule has 1 saturated carbocycles. The number of hydrogen-bond acceptors (Lipinski definition) is 3. The lowest BCUT2D eigenvalue weighted by atomic mass is 9.82. The molecule has 3 N–H and O–H groups in total. The Balaban J connectivity index is 2.23. The maximum Gasteiger partial charge on any atom is 0.125 e. The summed E-state index contributed by atoms with van der Waals surface area (Å²) in [4.78, 5) is 11.8. The number of H-pyrrole nitrogens is 1. The standard InChI is InChI=1S/C10H12N4/c11-8-4-7-10(13-5-12-7)9(14-8)6-2-1-3-6/h4-6H,1-3H2,(H2,11,14)(H,12,13). The fourth-order valence-electron chi connectivity index (χ4n) is 1.96. The number of fused-ring (bicyclic) bond motifs is 1. The molecule has 1 aliphatic rings. The minimum absolute atomic E-state index is 0.573. The van der Waals surface area contributed by atoms with Crippen molar-refractivity contribution in [2.24, 2.45) is 0 Å². The second-order valence-electron chi connectivity index (χ2n) is 3.86. The first kappa shape index (κ1) is 7.79. The zero-order valence-electron chi connectivity index (χ0n) is 7.83. The summed E-state index contributed by atoms with van der Waals surface area (Å²) < 4.78 is 0. The average Bonchev–Trinajstić information content (AvgIpc) is 2.47. The van der Waals surface area contributed by atoms with Gasteiger partial charge in [-0.15, -0.1) is 0 Å². The van der Waals surface area contributed by atoms with Crippen LogP contribution < -0.4 is 5.73 Å². The number of imidazole rings is 1. The van der Waals surface area contributed by atoms with Crippen LogP contribution in [0.2, 0.25) is 0 Å². The molecule has 0 bridgehead atoms. The molecule has 4 heteroatoms. The first-order chi connectivity index (χ1) is 6.84. The fraction of sp³-hybridized carbons (Fsp3) is 0.400. The van der Waals surface area contributed by atoms with E-state index in [9.17, 15) is 0 Å². The molecule has 0 saturated heterocycles. The molecule has 3 rings (SSSR count). The number of nitrogens with two attached hydrogens (primary N) is 1. The van der Waals surface area contributed by atoms with E-state index in [1.807, 2.05) is 6.07 Å². The van der Waals surface area contributed by atoms with Crippen molar-refractivity contribution in [3.63, 3.8) is 0 Å². The molecule has 14 heavy (non-hydrogen) atoms. The van der Waals surface area contributed by atoms with Crippen LogP contribution >= 0.6 is 0 Å². The topological polar surface area (TPSA) is 67.6 Å². The maximum atomic E-state index is 5.74. The highest BCUT2D eigenvalue weighted by Crippen LogP contribution is 2.38. The summed E-state index contributed by atoms with van der Waals surface area (Å²) >= 11 is 0. The second kappa shape index (κ2) is 2.70. The van der Waals surface area contributed by atoms with Crippen molar-refractivity contribution >= 4 is 16.9 Å². The highest BCUT2D eigenvalue weighted by atomic mass is 14.9. The molecule has 2 heterocycles. The monoisotopic (exact) mass is 188 g/mol. The van der Waals surface area contributed by atoms with Crippen molar-refractivity contribution < 1.29 is 0 Å². The molecule has 2 aromatic heterocycles. The minimum Gasteiger partial charge on any atom is -0.384 e. The third-order valence-corrected chi connectivity index (χ3v) is 2.95. The number of aromatic amines is 1. The molecule has 1 fully saturated rings. The number of nitrogens with one attached hydrogen (secondary N) is 1. The van der Waals surface area contributed by atoms with Crippen LogP contribution in [-0.4, -0.2) is 15.0 Å². The molecule has 0 spiro atoms. The van der Waals surface area contributed by atoms with E-state index in [1.54, 1.807) is 6.33 Å².